The number of carbonyl (C=O) groups is 2. The summed E-state index contributed by atoms with van der Waals surface area (Å²) >= 11 is 2.23. The number of amides is 2. The minimum absolute atomic E-state index is 0.0241. The highest BCUT2D eigenvalue weighted by molar-refractivity contribution is 14.1. The van der Waals surface area contributed by atoms with E-state index in [1.165, 1.54) is 6.42 Å². The zero-order valence-electron chi connectivity index (χ0n) is 12.0. The first-order valence-electron chi connectivity index (χ1n) is 7.40. The van der Waals surface area contributed by atoms with E-state index in [9.17, 15) is 9.59 Å². The predicted molar refractivity (Wildman–Crippen MR) is 90.6 cm³/mol. The molecular weight excluding hydrogens is 379 g/mol. The highest BCUT2D eigenvalue weighted by Gasteiger charge is 2.25. The molecule has 0 radical (unpaired) electrons. The molecule has 0 aliphatic heterocycles. The molecule has 1 aliphatic rings. The van der Waals surface area contributed by atoms with Crippen LogP contribution in [0.15, 0.2) is 24.3 Å². The quantitative estimate of drug-likeness (QED) is 0.746. The highest BCUT2D eigenvalue weighted by atomic mass is 127. The van der Waals surface area contributed by atoms with Crippen molar-refractivity contribution in [1.29, 1.82) is 0 Å². The number of nitrogens with two attached hydrogens (primary N) is 1. The van der Waals surface area contributed by atoms with Gasteiger partial charge in [-0.15, -0.1) is 0 Å². The van der Waals surface area contributed by atoms with Gasteiger partial charge in [0.15, 0.2) is 0 Å². The Bertz CT molecular complexity index is 496. The zero-order valence-corrected chi connectivity index (χ0v) is 14.1. The van der Waals surface area contributed by atoms with E-state index < -0.39 is 11.9 Å². The molecular formula is C16H21IN2O2. The van der Waals surface area contributed by atoms with E-state index >= 15 is 0 Å². The summed E-state index contributed by atoms with van der Waals surface area (Å²) in [4.78, 5) is 23.8. The summed E-state index contributed by atoms with van der Waals surface area (Å²) in [5.74, 6) is -0.459. The molecule has 4 nitrogen and oxygen atoms in total. The van der Waals surface area contributed by atoms with Crippen molar-refractivity contribution >= 4 is 34.4 Å². The third kappa shape index (κ3) is 4.98. The lowest BCUT2D eigenvalue weighted by molar-refractivity contribution is -0.130. The van der Waals surface area contributed by atoms with Crippen LogP contribution in [0, 0.1) is 9.49 Å². The number of rotatable bonds is 5. The van der Waals surface area contributed by atoms with Crippen molar-refractivity contribution in [2.24, 2.45) is 11.7 Å². The molecule has 1 saturated carbocycles. The first kappa shape index (κ1) is 16.3. The molecule has 1 fully saturated rings. The van der Waals surface area contributed by atoms with Crippen molar-refractivity contribution in [2.45, 2.75) is 44.6 Å². The third-order valence-electron chi connectivity index (χ3n) is 3.99. The molecule has 1 atom stereocenters. The number of hydrogen-bond donors (Lipinski definition) is 2. The summed E-state index contributed by atoms with van der Waals surface area (Å²) in [6.45, 7) is 0. The van der Waals surface area contributed by atoms with Gasteiger partial charge in [-0.05, 0) is 53.1 Å². The summed E-state index contributed by atoms with van der Waals surface area (Å²) < 4.78 is 1.14. The third-order valence-corrected chi connectivity index (χ3v) is 4.71. The molecule has 0 spiro atoms. The van der Waals surface area contributed by atoms with Crippen molar-refractivity contribution in [2.75, 3.05) is 0 Å². The fraction of sp³-hybridized carbons (Fsp3) is 0.500. The van der Waals surface area contributed by atoms with Gasteiger partial charge in [-0.2, -0.15) is 0 Å². The molecule has 0 heterocycles. The van der Waals surface area contributed by atoms with Crippen molar-refractivity contribution in [3.63, 3.8) is 0 Å². The lowest BCUT2D eigenvalue weighted by atomic mass is 9.88. The van der Waals surface area contributed by atoms with Crippen LogP contribution in [0.4, 0.5) is 0 Å². The van der Waals surface area contributed by atoms with Gasteiger partial charge in [-0.25, -0.2) is 0 Å². The first-order valence-corrected chi connectivity index (χ1v) is 8.48. The number of carbonyl (C=O) groups excluding carboxylic acids is 2. The maximum absolute atomic E-state index is 12.2. The van der Waals surface area contributed by atoms with Crippen LogP contribution in [-0.2, 0) is 16.0 Å². The lowest BCUT2D eigenvalue weighted by Crippen LogP contribution is -2.48. The molecule has 0 aromatic heterocycles. The smallest absolute Gasteiger partial charge is 0.240 e. The molecule has 21 heavy (non-hydrogen) atoms. The molecule has 1 aromatic rings. The van der Waals surface area contributed by atoms with E-state index in [-0.39, 0.29) is 11.8 Å². The van der Waals surface area contributed by atoms with Gasteiger partial charge in [0, 0.05) is 15.9 Å². The van der Waals surface area contributed by atoms with Crippen LogP contribution in [0.2, 0.25) is 0 Å². The van der Waals surface area contributed by atoms with E-state index in [1.54, 1.807) is 0 Å². The second-order valence-electron chi connectivity index (χ2n) is 5.63. The molecule has 0 bridgehead atoms. The summed E-state index contributed by atoms with van der Waals surface area (Å²) in [5, 5.41) is 2.83. The van der Waals surface area contributed by atoms with Gasteiger partial charge < -0.3 is 11.1 Å². The van der Waals surface area contributed by atoms with Crippen LogP contribution < -0.4 is 11.1 Å². The minimum Gasteiger partial charge on any atom is -0.368 e. The summed E-state index contributed by atoms with van der Waals surface area (Å²) in [6, 6.07) is 7.27. The van der Waals surface area contributed by atoms with E-state index in [1.807, 2.05) is 24.3 Å². The molecule has 2 rings (SSSR count). The average molecular weight is 400 g/mol. The molecule has 114 valence electrons. The first-order chi connectivity index (χ1) is 10.1. The minimum atomic E-state index is -0.625. The van der Waals surface area contributed by atoms with Gasteiger partial charge in [-0.1, -0.05) is 31.4 Å². The van der Waals surface area contributed by atoms with Crippen LogP contribution in [-0.4, -0.2) is 17.9 Å². The Labute approximate surface area is 139 Å². The van der Waals surface area contributed by atoms with E-state index in [4.69, 9.17) is 5.73 Å². The SMILES string of the molecule is NC(=O)[C@@H](Cc1ccc(I)cc1)NC(=O)C1CCCCC1. The molecule has 1 aliphatic carbocycles. The maximum Gasteiger partial charge on any atom is 0.240 e. The molecule has 0 unspecified atom stereocenters. The van der Waals surface area contributed by atoms with Gasteiger partial charge in [0.05, 0.1) is 0 Å². The Hall–Kier alpha value is -1.11. The van der Waals surface area contributed by atoms with Crippen molar-refractivity contribution in [3.8, 4) is 0 Å². The van der Waals surface area contributed by atoms with Gasteiger partial charge in [0.1, 0.15) is 6.04 Å². The fourth-order valence-electron chi connectivity index (χ4n) is 2.73. The Morgan fingerprint density at radius 1 is 1.19 bits per heavy atom. The second-order valence-corrected chi connectivity index (χ2v) is 6.87. The molecule has 2 amide bonds. The summed E-state index contributed by atoms with van der Waals surface area (Å²) in [7, 11) is 0. The maximum atomic E-state index is 12.2. The summed E-state index contributed by atoms with van der Waals surface area (Å²) in [6.07, 6.45) is 5.67. The Balaban J connectivity index is 1.96. The molecule has 3 N–H and O–H groups in total. The van der Waals surface area contributed by atoms with Crippen LogP contribution in [0.3, 0.4) is 0 Å². The standard InChI is InChI=1S/C16H21IN2O2/c17-13-8-6-11(7-9-13)10-14(15(18)20)19-16(21)12-4-2-1-3-5-12/h6-9,12,14H,1-5,10H2,(H2,18,20)(H,19,21)/t14-/m1/s1. The molecule has 5 heteroatoms. The van der Waals surface area contributed by atoms with Crippen LogP contribution in [0.5, 0.6) is 0 Å². The van der Waals surface area contributed by atoms with Crippen LogP contribution in [0.1, 0.15) is 37.7 Å². The zero-order chi connectivity index (χ0) is 15.2. The highest BCUT2D eigenvalue weighted by Crippen LogP contribution is 2.23. The normalized spacial score (nSPS) is 17.2. The average Bonchev–Trinajstić information content (AvgIpc) is 2.49. The Morgan fingerprint density at radius 2 is 1.81 bits per heavy atom. The number of primary amides is 1. The van der Waals surface area contributed by atoms with Crippen molar-refractivity contribution in [1.82, 2.24) is 5.32 Å². The van der Waals surface area contributed by atoms with Gasteiger partial charge in [0.2, 0.25) is 11.8 Å². The molecule has 1 aromatic carbocycles. The Morgan fingerprint density at radius 3 is 2.38 bits per heavy atom. The summed E-state index contributed by atoms with van der Waals surface area (Å²) in [5.41, 5.74) is 6.44. The monoisotopic (exact) mass is 400 g/mol. The molecule has 0 saturated heterocycles. The number of halogens is 1. The van der Waals surface area contributed by atoms with Crippen LogP contribution in [0.25, 0.3) is 0 Å². The number of nitrogens with one attached hydrogen (secondary N) is 1. The fourth-order valence-corrected chi connectivity index (χ4v) is 3.09. The van der Waals surface area contributed by atoms with Gasteiger partial charge in [0.25, 0.3) is 0 Å². The predicted octanol–water partition coefficient (Wildman–Crippen LogP) is 2.38. The van der Waals surface area contributed by atoms with Gasteiger partial charge in [-0.3, -0.25) is 9.59 Å². The Kier molecular flexibility index (Phi) is 6.02. The van der Waals surface area contributed by atoms with E-state index in [0.29, 0.717) is 6.42 Å². The largest absolute Gasteiger partial charge is 0.368 e. The van der Waals surface area contributed by atoms with Gasteiger partial charge >= 0.3 is 0 Å². The number of benzene rings is 1. The van der Waals surface area contributed by atoms with E-state index in [0.717, 1.165) is 34.8 Å². The van der Waals surface area contributed by atoms with Crippen LogP contribution >= 0.6 is 22.6 Å². The van der Waals surface area contributed by atoms with Crippen molar-refractivity contribution in [3.05, 3.63) is 33.4 Å². The van der Waals surface area contributed by atoms with E-state index in [2.05, 4.69) is 27.9 Å². The number of hydrogen-bond acceptors (Lipinski definition) is 2. The topological polar surface area (TPSA) is 72.2 Å². The second kappa shape index (κ2) is 7.77. The lowest BCUT2D eigenvalue weighted by Gasteiger charge is -2.23. The van der Waals surface area contributed by atoms with Crippen molar-refractivity contribution < 1.29 is 9.59 Å².